The van der Waals surface area contributed by atoms with Crippen molar-refractivity contribution in [3.05, 3.63) is 28.4 Å². The highest BCUT2D eigenvalue weighted by molar-refractivity contribution is 9.10. The topological polar surface area (TPSA) is 54.7 Å². The minimum atomic E-state index is 0.537. The van der Waals surface area contributed by atoms with Crippen LogP contribution in [-0.2, 0) is 6.54 Å². The summed E-state index contributed by atoms with van der Waals surface area (Å²) in [7, 11) is 0. The van der Waals surface area contributed by atoms with Gasteiger partial charge in [0.2, 0.25) is 0 Å². The van der Waals surface area contributed by atoms with Crippen molar-refractivity contribution in [3.8, 4) is 0 Å². The summed E-state index contributed by atoms with van der Waals surface area (Å²) in [5, 5.41) is 7.95. The maximum atomic E-state index is 5.58. The van der Waals surface area contributed by atoms with Crippen molar-refractivity contribution < 1.29 is 0 Å². The molecule has 0 atom stereocenters. The standard InChI is InChI=1S/C8H8BrN3/c9-6-1-5(3-10)7-4-11-12-8(7)2-6/h1-2,4H,3,10H2,(H,11,12). The first-order valence-electron chi connectivity index (χ1n) is 3.63. The van der Waals surface area contributed by atoms with E-state index in [1.807, 2.05) is 12.1 Å². The third kappa shape index (κ3) is 1.13. The minimum Gasteiger partial charge on any atom is -0.326 e. The van der Waals surface area contributed by atoms with Crippen LogP contribution in [0.2, 0.25) is 0 Å². The Bertz CT molecular complexity index is 408. The number of halogens is 1. The van der Waals surface area contributed by atoms with Gasteiger partial charge in [-0.3, -0.25) is 5.10 Å². The van der Waals surface area contributed by atoms with Crippen molar-refractivity contribution in [2.24, 2.45) is 5.73 Å². The quantitative estimate of drug-likeness (QED) is 0.778. The average molecular weight is 226 g/mol. The Morgan fingerprint density at radius 1 is 1.50 bits per heavy atom. The Morgan fingerprint density at radius 2 is 2.33 bits per heavy atom. The fraction of sp³-hybridized carbons (Fsp3) is 0.125. The van der Waals surface area contributed by atoms with E-state index in [9.17, 15) is 0 Å². The highest BCUT2D eigenvalue weighted by Crippen LogP contribution is 2.21. The number of nitrogens with zero attached hydrogens (tertiary/aromatic N) is 1. The molecule has 0 fully saturated rings. The van der Waals surface area contributed by atoms with E-state index >= 15 is 0 Å². The summed E-state index contributed by atoms with van der Waals surface area (Å²) in [4.78, 5) is 0. The fourth-order valence-electron chi connectivity index (χ4n) is 1.25. The van der Waals surface area contributed by atoms with Crippen LogP contribution in [0.3, 0.4) is 0 Å². The van der Waals surface area contributed by atoms with Crippen LogP contribution in [0.5, 0.6) is 0 Å². The maximum absolute atomic E-state index is 5.58. The second-order valence-corrected chi connectivity index (χ2v) is 3.52. The zero-order chi connectivity index (χ0) is 8.55. The molecule has 1 heterocycles. The number of rotatable bonds is 1. The highest BCUT2D eigenvalue weighted by Gasteiger charge is 2.02. The summed E-state index contributed by atoms with van der Waals surface area (Å²) in [5.74, 6) is 0. The van der Waals surface area contributed by atoms with Crippen LogP contribution >= 0.6 is 15.9 Å². The van der Waals surface area contributed by atoms with Crippen molar-refractivity contribution in [2.45, 2.75) is 6.54 Å². The van der Waals surface area contributed by atoms with Gasteiger partial charge in [-0.15, -0.1) is 0 Å². The number of aromatic nitrogens is 2. The van der Waals surface area contributed by atoms with Crippen LogP contribution in [-0.4, -0.2) is 10.2 Å². The number of hydrogen-bond acceptors (Lipinski definition) is 2. The third-order valence-corrected chi connectivity index (χ3v) is 2.29. The van der Waals surface area contributed by atoms with Crippen molar-refractivity contribution in [1.29, 1.82) is 0 Å². The molecule has 2 rings (SSSR count). The Labute approximate surface area is 78.1 Å². The lowest BCUT2D eigenvalue weighted by atomic mass is 10.1. The van der Waals surface area contributed by atoms with Gasteiger partial charge in [-0.1, -0.05) is 15.9 Å². The van der Waals surface area contributed by atoms with E-state index in [0.29, 0.717) is 6.54 Å². The second-order valence-electron chi connectivity index (χ2n) is 2.60. The maximum Gasteiger partial charge on any atom is 0.0664 e. The summed E-state index contributed by atoms with van der Waals surface area (Å²) in [5.41, 5.74) is 7.70. The van der Waals surface area contributed by atoms with Gasteiger partial charge in [0.05, 0.1) is 11.7 Å². The first-order valence-corrected chi connectivity index (χ1v) is 4.42. The highest BCUT2D eigenvalue weighted by atomic mass is 79.9. The minimum absolute atomic E-state index is 0.537. The number of hydrogen-bond donors (Lipinski definition) is 2. The van der Waals surface area contributed by atoms with Crippen molar-refractivity contribution in [1.82, 2.24) is 10.2 Å². The van der Waals surface area contributed by atoms with Crippen LogP contribution in [0.15, 0.2) is 22.8 Å². The molecule has 12 heavy (non-hydrogen) atoms. The van der Waals surface area contributed by atoms with Gasteiger partial charge in [0.25, 0.3) is 0 Å². The van der Waals surface area contributed by atoms with Gasteiger partial charge in [-0.25, -0.2) is 0 Å². The Kier molecular flexibility index (Phi) is 1.86. The smallest absolute Gasteiger partial charge is 0.0664 e. The number of nitrogens with one attached hydrogen (secondary N) is 1. The van der Waals surface area contributed by atoms with Gasteiger partial charge < -0.3 is 5.73 Å². The summed E-state index contributed by atoms with van der Waals surface area (Å²) in [6, 6.07) is 4.00. The monoisotopic (exact) mass is 225 g/mol. The zero-order valence-corrected chi connectivity index (χ0v) is 7.93. The molecule has 4 heteroatoms. The van der Waals surface area contributed by atoms with E-state index in [4.69, 9.17) is 5.73 Å². The van der Waals surface area contributed by atoms with Crippen molar-refractivity contribution in [3.63, 3.8) is 0 Å². The summed E-state index contributed by atoms with van der Waals surface area (Å²) >= 11 is 3.41. The van der Waals surface area contributed by atoms with E-state index in [-0.39, 0.29) is 0 Å². The van der Waals surface area contributed by atoms with Crippen LogP contribution in [0.25, 0.3) is 10.9 Å². The normalized spacial score (nSPS) is 10.8. The summed E-state index contributed by atoms with van der Waals surface area (Å²) in [6.45, 7) is 0.537. The molecule has 0 bridgehead atoms. The molecule has 0 aliphatic rings. The Balaban J connectivity index is 2.80. The number of fused-ring (bicyclic) bond motifs is 1. The van der Waals surface area contributed by atoms with Gasteiger partial charge in [-0.05, 0) is 17.7 Å². The number of benzene rings is 1. The van der Waals surface area contributed by atoms with Gasteiger partial charge in [0.1, 0.15) is 0 Å². The third-order valence-electron chi connectivity index (χ3n) is 1.83. The fourth-order valence-corrected chi connectivity index (χ4v) is 1.76. The number of aromatic amines is 1. The molecular formula is C8H8BrN3. The molecule has 0 unspecified atom stereocenters. The molecule has 0 saturated carbocycles. The van der Waals surface area contributed by atoms with Crippen LogP contribution < -0.4 is 5.73 Å². The summed E-state index contributed by atoms with van der Waals surface area (Å²) in [6.07, 6.45) is 1.80. The molecule has 0 spiro atoms. The molecule has 1 aromatic carbocycles. The lowest BCUT2D eigenvalue weighted by Crippen LogP contribution is -1.96. The molecular weight excluding hydrogens is 218 g/mol. The van der Waals surface area contributed by atoms with Crippen LogP contribution in [0, 0.1) is 0 Å². The molecule has 3 nitrogen and oxygen atoms in total. The molecule has 1 aromatic heterocycles. The molecule has 0 aliphatic heterocycles. The van der Waals surface area contributed by atoms with Crippen molar-refractivity contribution >= 4 is 26.8 Å². The van der Waals surface area contributed by atoms with E-state index < -0.39 is 0 Å². The van der Waals surface area contributed by atoms with Crippen LogP contribution in [0.4, 0.5) is 0 Å². The molecule has 0 amide bonds. The Morgan fingerprint density at radius 3 is 3.08 bits per heavy atom. The lowest BCUT2D eigenvalue weighted by molar-refractivity contribution is 1.08. The number of nitrogens with two attached hydrogens (primary N) is 1. The zero-order valence-electron chi connectivity index (χ0n) is 6.34. The predicted molar refractivity (Wildman–Crippen MR) is 51.7 cm³/mol. The predicted octanol–water partition coefficient (Wildman–Crippen LogP) is 1.78. The molecule has 3 N–H and O–H groups in total. The molecule has 2 aromatic rings. The largest absolute Gasteiger partial charge is 0.326 e. The summed E-state index contributed by atoms with van der Waals surface area (Å²) < 4.78 is 1.03. The average Bonchev–Trinajstić information content (AvgIpc) is 2.50. The molecule has 62 valence electrons. The Hall–Kier alpha value is -0.870. The van der Waals surface area contributed by atoms with Gasteiger partial charge >= 0.3 is 0 Å². The van der Waals surface area contributed by atoms with Gasteiger partial charge in [0, 0.05) is 16.4 Å². The number of H-pyrrole nitrogens is 1. The van der Waals surface area contributed by atoms with Crippen molar-refractivity contribution in [2.75, 3.05) is 0 Å². The van der Waals surface area contributed by atoms with Gasteiger partial charge in [0.15, 0.2) is 0 Å². The van der Waals surface area contributed by atoms with Gasteiger partial charge in [-0.2, -0.15) is 5.10 Å². The molecule has 0 aliphatic carbocycles. The van der Waals surface area contributed by atoms with E-state index in [2.05, 4.69) is 26.1 Å². The first kappa shape index (κ1) is 7.76. The van der Waals surface area contributed by atoms with E-state index in [1.165, 1.54) is 0 Å². The van der Waals surface area contributed by atoms with E-state index in [0.717, 1.165) is 20.9 Å². The second kappa shape index (κ2) is 2.88. The van der Waals surface area contributed by atoms with E-state index in [1.54, 1.807) is 6.20 Å². The molecule has 0 saturated heterocycles. The molecule has 0 radical (unpaired) electrons. The lowest BCUT2D eigenvalue weighted by Gasteiger charge is -1.99. The SMILES string of the molecule is NCc1cc(Br)cc2[nH]ncc12. The van der Waals surface area contributed by atoms with Crippen LogP contribution in [0.1, 0.15) is 5.56 Å². The first-order chi connectivity index (χ1) is 5.81.